The molecule has 0 aliphatic carbocycles. The lowest BCUT2D eigenvalue weighted by Gasteiger charge is -2.20. The van der Waals surface area contributed by atoms with E-state index in [2.05, 4.69) is 15.9 Å². The number of rotatable bonds is 2. The molecule has 1 aliphatic heterocycles. The second-order valence-electron chi connectivity index (χ2n) is 4.41. The molecule has 1 amide bonds. The van der Waals surface area contributed by atoms with E-state index in [0.29, 0.717) is 5.11 Å². The minimum Gasteiger partial charge on any atom is -0.309 e. The molecule has 2 aromatic rings. The first-order valence-electron chi connectivity index (χ1n) is 6.12. The Labute approximate surface area is 130 Å². The molecular weight excluding hydrogens is 336 g/mol. The molecule has 0 saturated carbocycles. The van der Waals surface area contributed by atoms with Gasteiger partial charge in [0.15, 0.2) is 5.11 Å². The van der Waals surface area contributed by atoms with E-state index in [4.69, 9.17) is 12.2 Å². The molecule has 0 atom stereocenters. The SMILES string of the molecule is O=C1CN(c2ccccc2)C(=S)N1c1cccc(Br)c1. The van der Waals surface area contributed by atoms with Gasteiger partial charge < -0.3 is 4.90 Å². The van der Waals surface area contributed by atoms with Crippen LogP contribution in [-0.2, 0) is 4.79 Å². The molecule has 0 unspecified atom stereocenters. The number of amides is 1. The Kier molecular flexibility index (Phi) is 3.54. The number of thiocarbonyl (C=S) groups is 1. The summed E-state index contributed by atoms with van der Waals surface area (Å²) in [5.41, 5.74) is 1.72. The van der Waals surface area contributed by atoms with Crippen LogP contribution in [0.1, 0.15) is 0 Å². The zero-order valence-corrected chi connectivity index (χ0v) is 12.9. The topological polar surface area (TPSA) is 23.6 Å². The number of nitrogens with zero attached hydrogens (tertiary/aromatic N) is 2. The third kappa shape index (κ3) is 2.34. The van der Waals surface area contributed by atoms with Crippen molar-refractivity contribution in [2.75, 3.05) is 16.3 Å². The van der Waals surface area contributed by atoms with Gasteiger partial charge in [-0.25, -0.2) is 0 Å². The Morgan fingerprint density at radius 3 is 2.40 bits per heavy atom. The lowest BCUT2D eigenvalue weighted by atomic mass is 10.3. The van der Waals surface area contributed by atoms with Crippen LogP contribution < -0.4 is 9.80 Å². The Balaban J connectivity index is 1.95. The van der Waals surface area contributed by atoms with Crippen molar-refractivity contribution in [2.45, 2.75) is 0 Å². The molecule has 0 N–H and O–H groups in total. The predicted octanol–water partition coefficient (Wildman–Crippen LogP) is 3.59. The van der Waals surface area contributed by atoms with E-state index in [1.54, 1.807) is 4.90 Å². The van der Waals surface area contributed by atoms with Crippen molar-refractivity contribution in [1.29, 1.82) is 0 Å². The van der Waals surface area contributed by atoms with Crippen molar-refractivity contribution in [2.24, 2.45) is 0 Å². The first-order chi connectivity index (χ1) is 9.66. The van der Waals surface area contributed by atoms with Crippen LogP contribution in [0.3, 0.4) is 0 Å². The summed E-state index contributed by atoms with van der Waals surface area (Å²) in [6.07, 6.45) is 0. The maximum absolute atomic E-state index is 12.3. The Morgan fingerprint density at radius 2 is 1.70 bits per heavy atom. The molecule has 0 bridgehead atoms. The van der Waals surface area contributed by atoms with Gasteiger partial charge in [0.25, 0.3) is 5.91 Å². The Morgan fingerprint density at radius 1 is 1.00 bits per heavy atom. The monoisotopic (exact) mass is 346 g/mol. The van der Waals surface area contributed by atoms with Gasteiger partial charge in [0.05, 0.1) is 5.69 Å². The molecule has 3 nitrogen and oxygen atoms in total. The summed E-state index contributed by atoms with van der Waals surface area (Å²) < 4.78 is 0.920. The van der Waals surface area contributed by atoms with Gasteiger partial charge in [0, 0.05) is 10.2 Å². The smallest absolute Gasteiger partial charge is 0.253 e. The molecule has 1 aliphatic rings. The van der Waals surface area contributed by atoms with Crippen molar-refractivity contribution < 1.29 is 4.79 Å². The maximum Gasteiger partial charge on any atom is 0.253 e. The lowest BCUT2D eigenvalue weighted by Crippen LogP contribution is -2.32. The van der Waals surface area contributed by atoms with E-state index in [0.717, 1.165) is 15.8 Å². The van der Waals surface area contributed by atoms with Crippen LogP contribution in [0.5, 0.6) is 0 Å². The lowest BCUT2D eigenvalue weighted by molar-refractivity contribution is -0.115. The number of hydrogen-bond donors (Lipinski definition) is 0. The maximum atomic E-state index is 12.3. The molecule has 1 heterocycles. The molecule has 100 valence electrons. The molecule has 0 aromatic heterocycles. The van der Waals surface area contributed by atoms with Crippen molar-refractivity contribution in [1.82, 2.24) is 0 Å². The molecular formula is C15H11BrN2OS. The van der Waals surface area contributed by atoms with Gasteiger partial charge in [-0.15, -0.1) is 0 Å². The van der Waals surface area contributed by atoms with Gasteiger partial charge in [-0.05, 0) is 42.5 Å². The first kappa shape index (κ1) is 13.3. The molecule has 0 spiro atoms. The second-order valence-corrected chi connectivity index (χ2v) is 5.69. The summed E-state index contributed by atoms with van der Waals surface area (Å²) >= 11 is 8.88. The molecule has 5 heteroatoms. The third-order valence-corrected chi connectivity index (χ3v) is 4.00. The fraction of sp³-hybridized carbons (Fsp3) is 0.0667. The molecule has 3 rings (SSSR count). The summed E-state index contributed by atoms with van der Waals surface area (Å²) in [5, 5.41) is 0.513. The van der Waals surface area contributed by atoms with E-state index < -0.39 is 0 Å². The largest absolute Gasteiger partial charge is 0.309 e. The highest BCUT2D eigenvalue weighted by atomic mass is 79.9. The van der Waals surface area contributed by atoms with Gasteiger partial charge >= 0.3 is 0 Å². The van der Waals surface area contributed by atoms with E-state index in [-0.39, 0.29) is 12.5 Å². The standard InChI is InChI=1S/C15H11BrN2OS/c16-11-5-4-8-13(9-11)18-14(19)10-17(15(18)20)12-6-2-1-3-7-12/h1-9H,10H2. The van der Waals surface area contributed by atoms with E-state index in [1.165, 1.54) is 0 Å². The van der Waals surface area contributed by atoms with Crippen molar-refractivity contribution in [3.05, 3.63) is 59.1 Å². The van der Waals surface area contributed by atoms with Crippen LogP contribution in [0, 0.1) is 0 Å². The highest BCUT2D eigenvalue weighted by Crippen LogP contribution is 2.27. The third-order valence-electron chi connectivity index (χ3n) is 3.10. The average Bonchev–Trinajstić information content (AvgIpc) is 2.75. The highest BCUT2D eigenvalue weighted by Gasteiger charge is 2.34. The second kappa shape index (κ2) is 5.34. The fourth-order valence-electron chi connectivity index (χ4n) is 2.18. The first-order valence-corrected chi connectivity index (χ1v) is 7.32. The number of hydrogen-bond acceptors (Lipinski definition) is 2. The number of carbonyl (C=O) groups excluding carboxylic acids is 1. The van der Waals surface area contributed by atoms with E-state index in [1.807, 2.05) is 59.5 Å². The molecule has 2 aromatic carbocycles. The summed E-state index contributed by atoms with van der Waals surface area (Å²) in [7, 11) is 0. The van der Waals surface area contributed by atoms with Gasteiger partial charge in [-0.2, -0.15) is 0 Å². The van der Waals surface area contributed by atoms with Crippen LogP contribution in [0.25, 0.3) is 0 Å². The van der Waals surface area contributed by atoms with Crippen LogP contribution >= 0.6 is 28.1 Å². The van der Waals surface area contributed by atoms with Gasteiger partial charge in [0.1, 0.15) is 6.54 Å². The normalized spacial score (nSPS) is 15.1. The van der Waals surface area contributed by atoms with Gasteiger partial charge in [-0.1, -0.05) is 40.2 Å². The number of halogens is 1. The number of para-hydroxylation sites is 1. The Hall–Kier alpha value is -1.72. The minimum atomic E-state index is -0.0167. The quantitative estimate of drug-likeness (QED) is 0.776. The van der Waals surface area contributed by atoms with Gasteiger partial charge in [0.2, 0.25) is 0 Å². The Bertz CT molecular complexity index is 675. The molecule has 1 saturated heterocycles. The van der Waals surface area contributed by atoms with E-state index in [9.17, 15) is 4.79 Å². The van der Waals surface area contributed by atoms with Crippen LogP contribution in [0.15, 0.2) is 59.1 Å². The van der Waals surface area contributed by atoms with Crippen LogP contribution in [0.4, 0.5) is 11.4 Å². The molecule has 20 heavy (non-hydrogen) atoms. The van der Waals surface area contributed by atoms with E-state index >= 15 is 0 Å². The van der Waals surface area contributed by atoms with Crippen LogP contribution in [-0.4, -0.2) is 17.6 Å². The number of anilines is 2. The minimum absolute atomic E-state index is 0.0167. The van der Waals surface area contributed by atoms with Crippen molar-refractivity contribution >= 4 is 50.5 Å². The van der Waals surface area contributed by atoms with Crippen LogP contribution in [0.2, 0.25) is 0 Å². The number of carbonyl (C=O) groups is 1. The fourth-order valence-corrected chi connectivity index (χ4v) is 2.94. The van der Waals surface area contributed by atoms with Crippen molar-refractivity contribution in [3.63, 3.8) is 0 Å². The predicted molar refractivity (Wildman–Crippen MR) is 88.0 cm³/mol. The van der Waals surface area contributed by atoms with Crippen molar-refractivity contribution in [3.8, 4) is 0 Å². The van der Waals surface area contributed by atoms with Gasteiger partial charge in [-0.3, -0.25) is 9.69 Å². The summed E-state index contributed by atoms with van der Waals surface area (Å²) in [6, 6.07) is 17.3. The molecule has 0 radical (unpaired) electrons. The summed E-state index contributed by atoms with van der Waals surface area (Å²) in [6.45, 7) is 0.273. The zero-order valence-electron chi connectivity index (χ0n) is 10.5. The zero-order chi connectivity index (χ0) is 14.1. The highest BCUT2D eigenvalue weighted by molar-refractivity contribution is 9.10. The summed E-state index contributed by atoms with van der Waals surface area (Å²) in [5.74, 6) is -0.0167. The average molecular weight is 347 g/mol. The summed E-state index contributed by atoms with van der Waals surface area (Å²) in [4.78, 5) is 15.7. The molecule has 1 fully saturated rings. The number of benzene rings is 2.